The number of rotatable bonds is 5. The molecule has 1 heterocycles. The standard InChI is InChI=1S/C12H23NO2/c1-3-9(4-2)8-10-6-5-7-11(13-10)12(14)15/h9-11,13H,3-8H2,1-2H3,(H,14,15). The van der Waals surface area contributed by atoms with Crippen LogP contribution >= 0.6 is 0 Å². The van der Waals surface area contributed by atoms with Gasteiger partial charge in [-0.25, -0.2) is 0 Å². The molecule has 0 bridgehead atoms. The fraction of sp³-hybridized carbons (Fsp3) is 0.917. The molecule has 1 aliphatic rings. The van der Waals surface area contributed by atoms with Gasteiger partial charge < -0.3 is 10.4 Å². The van der Waals surface area contributed by atoms with Gasteiger partial charge >= 0.3 is 5.97 Å². The molecule has 0 amide bonds. The fourth-order valence-corrected chi connectivity index (χ4v) is 2.42. The van der Waals surface area contributed by atoms with E-state index in [-0.39, 0.29) is 6.04 Å². The van der Waals surface area contributed by atoms with Gasteiger partial charge in [0.05, 0.1) is 0 Å². The summed E-state index contributed by atoms with van der Waals surface area (Å²) in [4.78, 5) is 10.9. The van der Waals surface area contributed by atoms with Crippen LogP contribution in [0.3, 0.4) is 0 Å². The summed E-state index contributed by atoms with van der Waals surface area (Å²) in [6, 6.07) is 0.114. The summed E-state index contributed by atoms with van der Waals surface area (Å²) in [5.74, 6) is 0.0549. The van der Waals surface area contributed by atoms with Crippen LogP contribution in [0.4, 0.5) is 0 Å². The molecule has 0 saturated carbocycles. The van der Waals surface area contributed by atoms with Crippen molar-refractivity contribution in [2.75, 3.05) is 0 Å². The molecular weight excluding hydrogens is 190 g/mol. The van der Waals surface area contributed by atoms with E-state index >= 15 is 0 Å². The summed E-state index contributed by atoms with van der Waals surface area (Å²) in [6.07, 6.45) is 6.51. The molecular formula is C12H23NO2. The smallest absolute Gasteiger partial charge is 0.320 e. The highest BCUT2D eigenvalue weighted by atomic mass is 16.4. The second kappa shape index (κ2) is 6.11. The maximum Gasteiger partial charge on any atom is 0.320 e. The molecule has 88 valence electrons. The van der Waals surface area contributed by atoms with Crippen molar-refractivity contribution in [1.29, 1.82) is 0 Å². The zero-order chi connectivity index (χ0) is 11.3. The summed E-state index contributed by atoms with van der Waals surface area (Å²) in [5, 5.41) is 12.2. The normalized spacial score (nSPS) is 26.9. The van der Waals surface area contributed by atoms with Crippen molar-refractivity contribution in [2.24, 2.45) is 5.92 Å². The van der Waals surface area contributed by atoms with Gasteiger partial charge in [0.1, 0.15) is 6.04 Å². The second-order valence-corrected chi connectivity index (χ2v) is 4.60. The summed E-state index contributed by atoms with van der Waals surface area (Å²) in [7, 11) is 0. The van der Waals surface area contributed by atoms with Crippen molar-refractivity contribution in [2.45, 2.75) is 64.5 Å². The summed E-state index contributed by atoms with van der Waals surface area (Å²) in [5.41, 5.74) is 0. The van der Waals surface area contributed by atoms with Gasteiger partial charge in [0.15, 0.2) is 0 Å². The lowest BCUT2D eigenvalue weighted by atomic mass is 9.89. The summed E-state index contributed by atoms with van der Waals surface area (Å²) >= 11 is 0. The Morgan fingerprint density at radius 1 is 1.40 bits per heavy atom. The van der Waals surface area contributed by atoms with Crippen molar-refractivity contribution in [1.82, 2.24) is 5.32 Å². The SMILES string of the molecule is CCC(CC)CC1CCCC(C(=O)O)N1. The number of hydrogen-bond acceptors (Lipinski definition) is 2. The van der Waals surface area contributed by atoms with Crippen LogP contribution in [0.1, 0.15) is 52.4 Å². The van der Waals surface area contributed by atoms with E-state index in [1.54, 1.807) is 0 Å². The zero-order valence-corrected chi connectivity index (χ0v) is 9.83. The Bertz CT molecular complexity index is 202. The first-order valence-corrected chi connectivity index (χ1v) is 6.16. The maximum atomic E-state index is 10.9. The molecule has 1 aliphatic heterocycles. The predicted octanol–water partition coefficient (Wildman–Crippen LogP) is 2.41. The third-order valence-corrected chi connectivity index (χ3v) is 3.55. The lowest BCUT2D eigenvalue weighted by molar-refractivity contribution is -0.140. The van der Waals surface area contributed by atoms with Gasteiger partial charge in [0, 0.05) is 6.04 Å². The van der Waals surface area contributed by atoms with E-state index in [1.807, 2.05) is 0 Å². The van der Waals surface area contributed by atoms with E-state index < -0.39 is 5.97 Å². The molecule has 0 radical (unpaired) electrons. The molecule has 1 rings (SSSR count). The van der Waals surface area contributed by atoms with Gasteiger partial charge in [-0.05, 0) is 31.6 Å². The molecule has 0 aromatic carbocycles. The van der Waals surface area contributed by atoms with Crippen LogP contribution in [0, 0.1) is 5.92 Å². The Kier molecular flexibility index (Phi) is 5.09. The van der Waals surface area contributed by atoms with Crippen LogP contribution in [0.5, 0.6) is 0 Å². The van der Waals surface area contributed by atoms with Gasteiger partial charge in [-0.3, -0.25) is 4.79 Å². The quantitative estimate of drug-likeness (QED) is 0.737. The number of carbonyl (C=O) groups is 1. The van der Waals surface area contributed by atoms with E-state index in [0.29, 0.717) is 6.04 Å². The molecule has 2 N–H and O–H groups in total. The minimum atomic E-state index is -0.691. The first-order valence-electron chi connectivity index (χ1n) is 6.16. The highest BCUT2D eigenvalue weighted by Gasteiger charge is 2.26. The summed E-state index contributed by atoms with van der Waals surface area (Å²) < 4.78 is 0. The van der Waals surface area contributed by atoms with Gasteiger partial charge in [-0.15, -0.1) is 0 Å². The highest BCUT2D eigenvalue weighted by molar-refractivity contribution is 5.73. The molecule has 1 saturated heterocycles. The molecule has 15 heavy (non-hydrogen) atoms. The highest BCUT2D eigenvalue weighted by Crippen LogP contribution is 2.22. The van der Waals surface area contributed by atoms with Crippen LogP contribution in [-0.4, -0.2) is 23.2 Å². The van der Waals surface area contributed by atoms with Crippen LogP contribution in [-0.2, 0) is 4.79 Å². The van der Waals surface area contributed by atoms with Crippen molar-refractivity contribution in [3.05, 3.63) is 0 Å². The number of nitrogens with one attached hydrogen (secondary N) is 1. The third kappa shape index (κ3) is 3.82. The second-order valence-electron chi connectivity index (χ2n) is 4.60. The molecule has 0 aliphatic carbocycles. The largest absolute Gasteiger partial charge is 0.480 e. The van der Waals surface area contributed by atoms with E-state index in [4.69, 9.17) is 5.11 Å². The molecule has 3 nitrogen and oxygen atoms in total. The maximum absolute atomic E-state index is 10.9. The predicted molar refractivity (Wildman–Crippen MR) is 60.9 cm³/mol. The van der Waals surface area contributed by atoms with Crippen molar-refractivity contribution in [3.63, 3.8) is 0 Å². The lowest BCUT2D eigenvalue weighted by Gasteiger charge is -2.30. The Morgan fingerprint density at radius 2 is 2.07 bits per heavy atom. The number of carboxylic acids is 1. The van der Waals surface area contributed by atoms with Crippen molar-refractivity contribution in [3.8, 4) is 0 Å². The van der Waals surface area contributed by atoms with E-state index in [9.17, 15) is 4.79 Å². The Morgan fingerprint density at radius 3 is 2.60 bits per heavy atom. The van der Waals surface area contributed by atoms with Crippen molar-refractivity contribution < 1.29 is 9.90 Å². The number of carboxylic acid groups (broad SMARTS) is 1. The van der Waals surface area contributed by atoms with Crippen LogP contribution < -0.4 is 5.32 Å². The molecule has 0 spiro atoms. The van der Waals surface area contributed by atoms with Crippen LogP contribution in [0.25, 0.3) is 0 Å². The number of aliphatic carboxylic acids is 1. The van der Waals surface area contributed by atoms with Gasteiger partial charge in [0.2, 0.25) is 0 Å². The molecule has 3 heteroatoms. The summed E-state index contributed by atoms with van der Waals surface area (Å²) in [6.45, 7) is 4.43. The Balaban J connectivity index is 2.38. The fourth-order valence-electron chi connectivity index (χ4n) is 2.42. The van der Waals surface area contributed by atoms with Crippen molar-refractivity contribution >= 4 is 5.97 Å². The van der Waals surface area contributed by atoms with E-state index in [2.05, 4.69) is 19.2 Å². The third-order valence-electron chi connectivity index (χ3n) is 3.55. The molecule has 0 aromatic heterocycles. The topological polar surface area (TPSA) is 49.3 Å². The zero-order valence-electron chi connectivity index (χ0n) is 9.83. The van der Waals surface area contributed by atoms with E-state index in [0.717, 1.165) is 31.6 Å². The first kappa shape index (κ1) is 12.5. The van der Waals surface area contributed by atoms with Gasteiger partial charge in [-0.2, -0.15) is 0 Å². The Labute approximate surface area is 92.3 Å². The molecule has 2 unspecified atom stereocenters. The average molecular weight is 213 g/mol. The number of piperidine rings is 1. The minimum Gasteiger partial charge on any atom is -0.480 e. The molecule has 0 aromatic rings. The van der Waals surface area contributed by atoms with Gasteiger partial charge in [-0.1, -0.05) is 26.7 Å². The van der Waals surface area contributed by atoms with Crippen LogP contribution in [0.15, 0.2) is 0 Å². The van der Waals surface area contributed by atoms with Gasteiger partial charge in [0.25, 0.3) is 0 Å². The number of hydrogen-bond donors (Lipinski definition) is 2. The average Bonchev–Trinajstić information content (AvgIpc) is 2.26. The van der Waals surface area contributed by atoms with E-state index in [1.165, 1.54) is 12.8 Å². The molecule has 1 fully saturated rings. The molecule has 2 atom stereocenters. The first-order chi connectivity index (χ1) is 7.17. The lowest BCUT2D eigenvalue weighted by Crippen LogP contribution is -2.47. The minimum absolute atomic E-state index is 0.307. The monoisotopic (exact) mass is 213 g/mol. The van der Waals surface area contributed by atoms with Crippen LogP contribution in [0.2, 0.25) is 0 Å². The Hall–Kier alpha value is -0.570.